The maximum atomic E-state index is 11.9. The van der Waals surface area contributed by atoms with Crippen LogP contribution in [-0.4, -0.2) is 11.6 Å². The molecule has 0 aliphatic rings. The SMILES string of the molecule is CCCCCCCCC=CCCCCCCCCOc1nc2ccccc2c(=O)o1. The van der Waals surface area contributed by atoms with Crippen LogP contribution in [0.4, 0.5) is 0 Å². The summed E-state index contributed by atoms with van der Waals surface area (Å²) in [4.78, 5) is 16.1. The van der Waals surface area contributed by atoms with Crippen molar-refractivity contribution in [3.05, 3.63) is 46.8 Å². The van der Waals surface area contributed by atoms with Gasteiger partial charge < -0.3 is 9.15 Å². The van der Waals surface area contributed by atoms with Crippen LogP contribution in [0.2, 0.25) is 0 Å². The molecule has 0 unspecified atom stereocenters. The fourth-order valence-corrected chi connectivity index (χ4v) is 3.57. The average molecular weight is 414 g/mol. The zero-order valence-corrected chi connectivity index (χ0v) is 18.7. The van der Waals surface area contributed by atoms with Crippen molar-refractivity contribution in [2.24, 2.45) is 0 Å². The Balaban J connectivity index is 1.41. The summed E-state index contributed by atoms with van der Waals surface area (Å²) in [5.41, 5.74) is 0.224. The van der Waals surface area contributed by atoms with Gasteiger partial charge in [-0.05, 0) is 44.2 Å². The van der Waals surface area contributed by atoms with E-state index in [0.717, 1.165) is 12.8 Å². The number of benzene rings is 1. The Labute approximate surface area is 181 Å². The molecule has 0 saturated carbocycles. The van der Waals surface area contributed by atoms with Crippen LogP contribution < -0.4 is 10.4 Å². The lowest BCUT2D eigenvalue weighted by Crippen LogP contribution is -2.06. The predicted molar refractivity (Wildman–Crippen MR) is 125 cm³/mol. The molecule has 0 saturated heterocycles. The van der Waals surface area contributed by atoms with Gasteiger partial charge in [0, 0.05) is 0 Å². The van der Waals surface area contributed by atoms with Crippen LogP contribution in [0.5, 0.6) is 6.08 Å². The highest BCUT2D eigenvalue weighted by Crippen LogP contribution is 2.13. The minimum atomic E-state index is -0.392. The lowest BCUT2D eigenvalue weighted by Gasteiger charge is -2.04. The van der Waals surface area contributed by atoms with Crippen LogP contribution in [0, 0.1) is 0 Å². The van der Waals surface area contributed by atoms with Crippen molar-refractivity contribution in [3.63, 3.8) is 0 Å². The standard InChI is InChI=1S/C26H39NO3/c1-2-3-4-5-6-7-8-9-10-11-12-13-14-15-16-19-22-29-26-27-24-21-18-17-20-23(24)25(28)30-26/h9-10,17-18,20-21H,2-8,11-16,19,22H2,1H3. The number of para-hydroxylation sites is 1. The van der Waals surface area contributed by atoms with Gasteiger partial charge in [0.05, 0.1) is 17.5 Å². The van der Waals surface area contributed by atoms with Gasteiger partial charge in [-0.15, -0.1) is 0 Å². The molecule has 0 amide bonds. The summed E-state index contributed by atoms with van der Waals surface area (Å²) in [6.07, 6.45) is 22.7. The molecule has 2 rings (SSSR count). The number of hydrogen-bond donors (Lipinski definition) is 0. The Morgan fingerprint density at radius 3 is 2.13 bits per heavy atom. The summed E-state index contributed by atoms with van der Waals surface area (Å²) < 4.78 is 10.7. The van der Waals surface area contributed by atoms with Crippen molar-refractivity contribution >= 4 is 10.9 Å². The molecule has 1 aromatic carbocycles. The van der Waals surface area contributed by atoms with Gasteiger partial charge in [0.1, 0.15) is 0 Å². The van der Waals surface area contributed by atoms with E-state index in [2.05, 4.69) is 24.1 Å². The quantitative estimate of drug-likeness (QED) is 0.198. The highest BCUT2D eigenvalue weighted by atomic mass is 16.6. The maximum absolute atomic E-state index is 11.9. The summed E-state index contributed by atoms with van der Waals surface area (Å²) in [6, 6.07) is 7.16. The first-order valence-corrected chi connectivity index (χ1v) is 12.0. The Kier molecular flexibility index (Phi) is 12.7. The van der Waals surface area contributed by atoms with Gasteiger partial charge in [-0.3, -0.25) is 0 Å². The van der Waals surface area contributed by atoms with Gasteiger partial charge in [0.25, 0.3) is 0 Å². The molecule has 0 bridgehead atoms. The number of hydrogen-bond acceptors (Lipinski definition) is 4. The predicted octanol–water partition coefficient (Wildman–Crippen LogP) is 7.60. The first kappa shape index (κ1) is 24.2. The van der Waals surface area contributed by atoms with Crippen molar-refractivity contribution in [1.29, 1.82) is 0 Å². The van der Waals surface area contributed by atoms with E-state index in [4.69, 9.17) is 9.15 Å². The minimum absolute atomic E-state index is 0.0754. The summed E-state index contributed by atoms with van der Waals surface area (Å²) in [5, 5.41) is 0.488. The summed E-state index contributed by atoms with van der Waals surface area (Å²) in [5.74, 6) is 0. The van der Waals surface area contributed by atoms with E-state index in [-0.39, 0.29) is 6.08 Å². The maximum Gasteiger partial charge on any atom is 0.397 e. The number of allylic oxidation sites excluding steroid dienone is 2. The summed E-state index contributed by atoms with van der Waals surface area (Å²) >= 11 is 0. The topological polar surface area (TPSA) is 52.3 Å². The molecule has 4 heteroatoms. The summed E-state index contributed by atoms with van der Waals surface area (Å²) in [7, 11) is 0. The first-order valence-electron chi connectivity index (χ1n) is 12.0. The largest absolute Gasteiger partial charge is 0.450 e. The van der Waals surface area contributed by atoms with Gasteiger partial charge in [-0.25, -0.2) is 4.79 Å². The number of fused-ring (bicyclic) bond motifs is 1. The van der Waals surface area contributed by atoms with Gasteiger partial charge in [0.15, 0.2) is 0 Å². The highest BCUT2D eigenvalue weighted by molar-refractivity contribution is 5.76. The smallest absolute Gasteiger partial charge is 0.397 e. The second-order valence-corrected chi connectivity index (χ2v) is 8.07. The molecule has 0 spiro atoms. The van der Waals surface area contributed by atoms with Crippen LogP contribution in [0.25, 0.3) is 10.9 Å². The van der Waals surface area contributed by atoms with Crippen LogP contribution in [0.3, 0.4) is 0 Å². The third kappa shape index (κ3) is 10.1. The van der Waals surface area contributed by atoms with Gasteiger partial charge >= 0.3 is 11.7 Å². The summed E-state index contributed by atoms with van der Waals surface area (Å²) in [6.45, 7) is 2.81. The van der Waals surface area contributed by atoms with Crippen LogP contribution in [0.1, 0.15) is 96.8 Å². The molecule has 0 fully saturated rings. The molecule has 2 aromatic rings. The van der Waals surface area contributed by atoms with Gasteiger partial charge in [0.2, 0.25) is 0 Å². The Bertz CT molecular complexity index is 781. The molecular formula is C26H39NO3. The molecule has 0 aliphatic heterocycles. The molecule has 1 heterocycles. The number of nitrogens with zero attached hydrogens (tertiary/aromatic N) is 1. The van der Waals surface area contributed by atoms with Crippen LogP contribution in [-0.2, 0) is 0 Å². The Hall–Kier alpha value is -2.10. The lowest BCUT2D eigenvalue weighted by molar-refractivity contribution is 0.211. The van der Waals surface area contributed by atoms with Crippen LogP contribution >= 0.6 is 0 Å². The normalized spacial score (nSPS) is 11.5. The average Bonchev–Trinajstić information content (AvgIpc) is 2.76. The molecule has 0 radical (unpaired) electrons. The highest BCUT2D eigenvalue weighted by Gasteiger charge is 2.06. The molecule has 4 nitrogen and oxygen atoms in total. The van der Waals surface area contributed by atoms with Crippen LogP contribution in [0.15, 0.2) is 45.6 Å². The van der Waals surface area contributed by atoms with Crippen molar-refractivity contribution < 1.29 is 9.15 Å². The third-order valence-electron chi connectivity index (χ3n) is 5.40. The van der Waals surface area contributed by atoms with E-state index in [1.807, 2.05) is 6.07 Å². The number of aromatic nitrogens is 1. The van der Waals surface area contributed by atoms with Gasteiger partial charge in [-0.1, -0.05) is 89.0 Å². The van der Waals surface area contributed by atoms with Crippen molar-refractivity contribution in [2.45, 2.75) is 96.8 Å². The molecule has 30 heavy (non-hydrogen) atoms. The molecule has 1 aromatic heterocycles. The second-order valence-electron chi connectivity index (χ2n) is 8.07. The van der Waals surface area contributed by atoms with Crippen molar-refractivity contribution in [2.75, 3.05) is 6.61 Å². The second kappa shape index (κ2) is 15.7. The van der Waals surface area contributed by atoms with E-state index in [1.165, 1.54) is 77.0 Å². The monoisotopic (exact) mass is 413 g/mol. The lowest BCUT2D eigenvalue weighted by atomic mass is 10.1. The van der Waals surface area contributed by atoms with Crippen molar-refractivity contribution in [3.8, 4) is 6.08 Å². The number of unbranched alkanes of at least 4 members (excludes halogenated alkanes) is 12. The number of ether oxygens (including phenoxy) is 1. The fraction of sp³-hybridized carbons (Fsp3) is 0.615. The Morgan fingerprint density at radius 1 is 0.833 bits per heavy atom. The first-order chi connectivity index (χ1) is 14.8. The van der Waals surface area contributed by atoms with Gasteiger partial charge in [-0.2, -0.15) is 4.98 Å². The molecular weight excluding hydrogens is 374 g/mol. The zero-order chi connectivity index (χ0) is 21.3. The molecule has 0 atom stereocenters. The molecule has 0 N–H and O–H groups in total. The van der Waals surface area contributed by atoms with E-state index < -0.39 is 5.63 Å². The minimum Gasteiger partial charge on any atom is -0.450 e. The fourth-order valence-electron chi connectivity index (χ4n) is 3.57. The zero-order valence-electron chi connectivity index (χ0n) is 18.7. The molecule has 166 valence electrons. The van der Waals surface area contributed by atoms with E-state index in [1.54, 1.807) is 18.2 Å². The van der Waals surface area contributed by atoms with Crippen molar-refractivity contribution in [1.82, 2.24) is 4.98 Å². The molecule has 0 aliphatic carbocycles. The number of rotatable bonds is 17. The van der Waals surface area contributed by atoms with E-state index in [0.29, 0.717) is 17.5 Å². The van der Waals surface area contributed by atoms with E-state index >= 15 is 0 Å². The Morgan fingerprint density at radius 2 is 1.43 bits per heavy atom. The van der Waals surface area contributed by atoms with E-state index in [9.17, 15) is 4.79 Å². The third-order valence-corrected chi connectivity index (χ3v) is 5.40.